The molecule has 2 amide bonds. The summed E-state index contributed by atoms with van der Waals surface area (Å²) < 4.78 is 0. The number of carbonyl (C=O) groups is 2. The number of benzene rings is 1. The predicted octanol–water partition coefficient (Wildman–Crippen LogP) is 2.90. The summed E-state index contributed by atoms with van der Waals surface area (Å²) in [6.07, 6.45) is 3.11. The van der Waals surface area contributed by atoms with E-state index >= 15 is 0 Å². The molecule has 5 heteroatoms. The maximum Gasteiger partial charge on any atom is 0.219 e. The molecule has 0 bridgehead atoms. The zero-order valence-electron chi connectivity index (χ0n) is 14.4. The Labute approximate surface area is 138 Å². The fourth-order valence-corrected chi connectivity index (χ4v) is 2.49. The van der Waals surface area contributed by atoms with Crippen molar-refractivity contribution >= 4 is 18.0 Å². The largest absolute Gasteiger partial charge is 0.352 e. The highest BCUT2D eigenvalue weighted by Crippen LogP contribution is 2.19. The summed E-state index contributed by atoms with van der Waals surface area (Å²) in [6.45, 7) is 5.55. The number of nitrogens with one attached hydrogen (secondary N) is 2. The van der Waals surface area contributed by atoms with E-state index < -0.39 is 0 Å². The van der Waals surface area contributed by atoms with E-state index in [1.165, 1.54) is 6.92 Å². The SMILES string of the molecule is CCCC(NC=O)c1ccc(C(=N)CC(C)N(C)C(C)=O)cc1. The molecule has 0 spiro atoms. The van der Waals surface area contributed by atoms with Crippen LogP contribution in [0.4, 0.5) is 0 Å². The molecule has 0 fully saturated rings. The molecule has 2 atom stereocenters. The molecule has 1 aromatic carbocycles. The van der Waals surface area contributed by atoms with Crippen molar-refractivity contribution in [3.05, 3.63) is 35.4 Å². The van der Waals surface area contributed by atoms with E-state index in [0.717, 1.165) is 30.4 Å². The first-order valence-corrected chi connectivity index (χ1v) is 8.01. The fourth-order valence-electron chi connectivity index (χ4n) is 2.49. The summed E-state index contributed by atoms with van der Waals surface area (Å²) in [5.41, 5.74) is 2.40. The molecule has 0 radical (unpaired) electrons. The van der Waals surface area contributed by atoms with Gasteiger partial charge in [-0.05, 0) is 24.5 Å². The molecule has 0 aliphatic carbocycles. The lowest BCUT2D eigenvalue weighted by atomic mass is 9.97. The standard InChI is InChI=1S/C18H27N3O2/c1-5-6-18(20-12-22)16-9-7-15(8-10-16)17(19)11-13(2)21(4)14(3)23/h7-10,12-13,18-19H,5-6,11H2,1-4H3,(H,20,22). The second-order valence-corrected chi connectivity index (χ2v) is 5.91. The number of hydrogen-bond donors (Lipinski definition) is 2. The first kappa shape index (κ1) is 18.9. The normalized spacial score (nSPS) is 13.0. The van der Waals surface area contributed by atoms with E-state index in [4.69, 9.17) is 5.41 Å². The number of carbonyl (C=O) groups excluding carboxylic acids is 2. The molecule has 0 saturated heterocycles. The Hall–Kier alpha value is -2.17. The Morgan fingerprint density at radius 3 is 2.43 bits per heavy atom. The summed E-state index contributed by atoms with van der Waals surface area (Å²) in [5.74, 6) is 0.00277. The minimum Gasteiger partial charge on any atom is -0.352 e. The first-order valence-electron chi connectivity index (χ1n) is 8.01. The molecule has 1 rings (SSSR count). The van der Waals surface area contributed by atoms with E-state index in [9.17, 15) is 9.59 Å². The maximum absolute atomic E-state index is 11.4. The van der Waals surface area contributed by atoms with E-state index in [1.54, 1.807) is 11.9 Å². The van der Waals surface area contributed by atoms with Crippen molar-refractivity contribution in [2.45, 2.75) is 52.1 Å². The van der Waals surface area contributed by atoms with Crippen LogP contribution in [0.3, 0.4) is 0 Å². The van der Waals surface area contributed by atoms with Gasteiger partial charge in [-0.25, -0.2) is 0 Å². The monoisotopic (exact) mass is 317 g/mol. The van der Waals surface area contributed by atoms with E-state index in [2.05, 4.69) is 12.2 Å². The van der Waals surface area contributed by atoms with Gasteiger partial charge < -0.3 is 15.6 Å². The molecule has 0 aromatic heterocycles. The van der Waals surface area contributed by atoms with Crippen molar-refractivity contribution in [1.29, 1.82) is 5.41 Å². The van der Waals surface area contributed by atoms with Crippen LogP contribution in [0, 0.1) is 5.41 Å². The second kappa shape index (κ2) is 9.08. The molecular weight excluding hydrogens is 290 g/mol. The van der Waals surface area contributed by atoms with Crippen molar-refractivity contribution < 1.29 is 9.59 Å². The molecule has 2 N–H and O–H groups in total. The van der Waals surface area contributed by atoms with E-state index in [-0.39, 0.29) is 18.0 Å². The third-order valence-electron chi connectivity index (χ3n) is 4.17. The third-order valence-corrected chi connectivity index (χ3v) is 4.17. The number of amides is 2. The first-order chi connectivity index (χ1) is 10.9. The molecule has 5 nitrogen and oxygen atoms in total. The number of hydrogen-bond acceptors (Lipinski definition) is 3. The van der Waals surface area contributed by atoms with Crippen LogP contribution in [-0.2, 0) is 9.59 Å². The minimum atomic E-state index is -0.00996. The quantitative estimate of drug-likeness (QED) is 0.543. The van der Waals surface area contributed by atoms with Gasteiger partial charge in [0.05, 0.1) is 6.04 Å². The molecule has 2 unspecified atom stereocenters. The molecule has 1 aromatic rings. The van der Waals surface area contributed by atoms with Gasteiger partial charge in [0.1, 0.15) is 0 Å². The van der Waals surface area contributed by atoms with Crippen molar-refractivity contribution in [3.63, 3.8) is 0 Å². The average Bonchev–Trinajstić information content (AvgIpc) is 2.53. The van der Waals surface area contributed by atoms with Crippen molar-refractivity contribution in [2.75, 3.05) is 7.05 Å². The third kappa shape index (κ3) is 5.51. The Kier molecular flexibility index (Phi) is 7.45. The van der Waals surface area contributed by atoms with Crippen LogP contribution in [0.15, 0.2) is 24.3 Å². The zero-order valence-corrected chi connectivity index (χ0v) is 14.4. The topological polar surface area (TPSA) is 73.3 Å². The molecule has 0 saturated carbocycles. The average molecular weight is 317 g/mol. The molecule has 126 valence electrons. The summed E-state index contributed by atoms with van der Waals surface area (Å²) in [6, 6.07) is 7.74. The van der Waals surface area contributed by atoms with Crippen LogP contribution in [-0.4, -0.2) is 36.0 Å². The van der Waals surface area contributed by atoms with Crippen LogP contribution in [0.25, 0.3) is 0 Å². The second-order valence-electron chi connectivity index (χ2n) is 5.91. The Morgan fingerprint density at radius 1 is 1.35 bits per heavy atom. The number of nitrogens with zero attached hydrogens (tertiary/aromatic N) is 1. The lowest BCUT2D eigenvalue weighted by Crippen LogP contribution is -2.34. The van der Waals surface area contributed by atoms with Gasteiger partial charge in [-0.3, -0.25) is 9.59 Å². The maximum atomic E-state index is 11.4. The van der Waals surface area contributed by atoms with Gasteiger partial charge in [-0.1, -0.05) is 37.6 Å². The molecule has 0 heterocycles. The Morgan fingerprint density at radius 2 is 1.96 bits per heavy atom. The van der Waals surface area contributed by atoms with Crippen molar-refractivity contribution in [2.24, 2.45) is 0 Å². The highest BCUT2D eigenvalue weighted by atomic mass is 16.2. The summed E-state index contributed by atoms with van der Waals surface area (Å²) >= 11 is 0. The molecule has 23 heavy (non-hydrogen) atoms. The Balaban J connectivity index is 2.77. The van der Waals surface area contributed by atoms with Crippen LogP contribution in [0.1, 0.15) is 57.2 Å². The van der Waals surface area contributed by atoms with Crippen LogP contribution in [0.2, 0.25) is 0 Å². The van der Waals surface area contributed by atoms with Gasteiger partial charge in [-0.2, -0.15) is 0 Å². The molecule has 0 aliphatic rings. The van der Waals surface area contributed by atoms with Crippen LogP contribution in [0.5, 0.6) is 0 Å². The van der Waals surface area contributed by atoms with Gasteiger partial charge in [0.25, 0.3) is 0 Å². The summed E-state index contributed by atoms with van der Waals surface area (Å²) in [4.78, 5) is 23.7. The molecule has 0 aliphatic heterocycles. The van der Waals surface area contributed by atoms with Crippen LogP contribution < -0.4 is 5.32 Å². The van der Waals surface area contributed by atoms with Gasteiger partial charge >= 0.3 is 0 Å². The smallest absolute Gasteiger partial charge is 0.219 e. The summed E-state index contributed by atoms with van der Waals surface area (Å²) in [7, 11) is 1.75. The van der Waals surface area contributed by atoms with Gasteiger partial charge in [0, 0.05) is 32.1 Å². The highest BCUT2D eigenvalue weighted by molar-refractivity contribution is 5.98. The van der Waals surface area contributed by atoms with Crippen LogP contribution >= 0.6 is 0 Å². The van der Waals surface area contributed by atoms with E-state index in [1.807, 2.05) is 31.2 Å². The van der Waals surface area contributed by atoms with Gasteiger partial charge in [0.2, 0.25) is 12.3 Å². The highest BCUT2D eigenvalue weighted by Gasteiger charge is 2.15. The molecular formula is C18H27N3O2. The predicted molar refractivity (Wildman–Crippen MR) is 92.6 cm³/mol. The van der Waals surface area contributed by atoms with Crippen molar-refractivity contribution in [3.8, 4) is 0 Å². The number of rotatable bonds is 9. The van der Waals surface area contributed by atoms with Gasteiger partial charge in [0.15, 0.2) is 0 Å². The lowest BCUT2D eigenvalue weighted by molar-refractivity contribution is -0.129. The summed E-state index contributed by atoms with van der Waals surface area (Å²) in [5, 5.41) is 11.1. The lowest BCUT2D eigenvalue weighted by Gasteiger charge is -2.24. The fraction of sp³-hybridized carbons (Fsp3) is 0.500. The zero-order chi connectivity index (χ0) is 17.4. The minimum absolute atomic E-state index is 0.00277. The van der Waals surface area contributed by atoms with Crippen molar-refractivity contribution in [1.82, 2.24) is 10.2 Å². The van der Waals surface area contributed by atoms with E-state index in [0.29, 0.717) is 12.1 Å². The Bertz CT molecular complexity index is 540. The van der Waals surface area contributed by atoms with Gasteiger partial charge in [-0.15, -0.1) is 0 Å².